The molecule has 0 unspecified atom stereocenters. The summed E-state index contributed by atoms with van der Waals surface area (Å²) in [6, 6.07) is 16.3. The van der Waals surface area contributed by atoms with Gasteiger partial charge in [-0.2, -0.15) is 0 Å². The van der Waals surface area contributed by atoms with Gasteiger partial charge in [0.1, 0.15) is 12.3 Å². The minimum atomic E-state index is -0.587. The standard InChI is InChI=1S/C22H17N3O5/c26-19(13-25-21(28)15-7-1-2-8-16(15)22(25)29)24-18-10-4-3-9-17(18)20(27)23-12-14-6-5-11-30-14/h1-11H,12-13H2,(H,23,27)(H,24,26). The minimum Gasteiger partial charge on any atom is -0.467 e. The molecule has 30 heavy (non-hydrogen) atoms. The van der Waals surface area contributed by atoms with Crippen LogP contribution in [0.15, 0.2) is 71.3 Å². The Labute approximate surface area is 171 Å². The second-order valence-corrected chi connectivity index (χ2v) is 6.60. The third-order valence-electron chi connectivity index (χ3n) is 4.63. The Balaban J connectivity index is 1.43. The van der Waals surface area contributed by atoms with Gasteiger partial charge < -0.3 is 15.1 Å². The molecule has 150 valence electrons. The van der Waals surface area contributed by atoms with Crippen LogP contribution in [0.3, 0.4) is 0 Å². The second kappa shape index (κ2) is 8.04. The van der Waals surface area contributed by atoms with Gasteiger partial charge in [-0.1, -0.05) is 24.3 Å². The summed E-state index contributed by atoms with van der Waals surface area (Å²) in [6.45, 7) is -0.252. The van der Waals surface area contributed by atoms with Crippen molar-refractivity contribution in [2.75, 3.05) is 11.9 Å². The van der Waals surface area contributed by atoms with Gasteiger partial charge >= 0.3 is 0 Å². The summed E-state index contributed by atoms with van der Waals surface area (Å²) >= 11 is 0. The number of furan rings is 1. The van der Waals surface area contributed by atoms with E-state index in [0.29, 0.717) is 5.76 Å². The van der Waals surface area contributed by atoms with Crippen LogP contribution in [0.2, 0.25) is 0 Å². The fourth-order valence-electron chi connectivity index (χ4n) is 3.18. The number of carbonyl (C=O) groups is 4. The predicted molar refractivity (Wildman–Crippen MR) is 107 cm³/mol. The Morgan fingerprint density at radius 2 is 1.53 bits per heavy atom. The number of benzene rings is 2. The van der Waals surface area contributed by atoms with Crippen LogP contribution in [0.25, 0.3) is 0 Å². The molecule has 2 heterocycles. The van der Waals surface area contributed by atoms with E-state index in [-0.39, 0.29) is 28.9 Å². The van der Waals surface area contributed by atoms with Crippen LogP contribution < -0.4 is 10.6 Å². The van der Waals surface area contributed by atoms with Crippen LogP contribution >= 0.6 is 0 Å². The largest absolute Gasteiger partial charge is 0.467 e. The predicted octanol–water partition coefficient (Wildman–Crippen LogP) is 2.44. The zero-order valence-corrected chi connectivity index (χ0v) is 15.8. The number of carbonyl (C=O) groups excluding carboxylic acids is 4. The van der Waals surface area contributed by atoms with Gasteiger partial charge in [-0.15, -0.1) is 0 Å². The molecular weight excluding hydrogens is 386 g/mol. The molecule has 0 radical (unpaired) electrons. The molecule has 2 aromatic carbocycles. The van der Waals surface area contributed by atoms with Crippen LogP contribution in [0, 0.1) is 0 Å². The minimum absolute atomic E-state index is 0.198. The number of nitrogens with zero attached hydrogens (tertiary/aromatic N) is 1. The zero-order chi connectivity index (χ0) is 21.1. The molecule has 8 heteroatoms. The Morgan fingerprint density at radius 1 is 0.867 bits per heavy atom. The number of imide groups is 1. The van der Waals surface area contributed by atoms with Crippen molar-refractivity contribution in [1.82, 2.24) is 10.2 Å². The van der Waals surface area contributed by atoms with E-state index >= 15 is 0 Å². The lowest BCUT2D eigenvalue weighted by molar-refractivity contribution is -0.116. The third-order valence-corrected chi connectivity index (χ3v) is 4.63. The third kappa shape index (κ3) is 3.70. The van der Waals surface area contributed by atoms with E-state index in [9.17, 15) is 19.2 Å². The first-order chi connectivity index (χ1) is 14.5. The van der Waals surface area contributed by atoms with Crippen molar-refractivity contribution in [3.8, 4) is 0 Å². The molecule has 0 atom stereocenters. The Bertz CT molecular complexity index is 1100. The van der Waals surface area contributed by atoms with Crippen molar-refractivity contribution in [2.45, 2.75) is 6.54 Å². The Hall–Kier alpha value is -4.20. The van der Waals surface area contributed by atoms with Crippen LogP contribution in [0.4, 0.5) is 5.69 Å². The summed E-state index contributed by atoms with van der Waals surface area (Å²) in [5, 5.41) is 5.32. The molecule has 0 fully saturated rings. The van der Waals surface area contributed by atoms with Gasteiger partial charge in [-0.25, -0.2) is 0 Å². The molecule has 4 rings (SSSR count). The van der Waals surface area contributed by atoms with Crippen LogP contribution in [0.5, 0.6) is 0 Å². The smallest absolute Gasteiger partial charge is 0.262 e. The number of amides is 4. The molecule has 1 aromatic heterocycles. The first-order valence-corrected chi connectivity index (χ1v) is 9.19. The number of fused-ring (bicyclic) bond motifs is 1. The van der Waals surface area contributed by atoms with Gasteiger partial charge in [0.2, 0.25) is 5.91 Å². The van der Waals surface area contributed by atoms with Crippen molar-refractivity contribution in [1.29, 1.82) is 0 Å². The van der Waals surface area contributed by atoms with Gasteiger partial charge in [-0.3, -0.25) is 24.1 Å². The number of hydrogen-bond acceptors (Lipinski definition) is 5. The maximum atomic E-state index is 12.5. The van der Waals surface area contributed by atoms with E-state index in [0.717, 1.165) is 4.90 Å². The highest BCUT2D eigenvalue weighted by Gasteiger charge is 2.36. The lowest BCUT2D eigenvalue weighted by Gasteiger charge is -2.15. The lowest BCUT2D eigenvalue weighted by atomic mass is 10.1. The van der Waals surface area contributed by atoms with E-state index in [2.05, 4.69) is 10.6 Å². The van der Waals surface area contributed by atoms with E-state index < -0.39 is 30.2 Å². The average Bonchev–Trinajstić information content (AvgIpc) is 3.36. The summed E-state index contributed by atoms with van der Waals surface area (Å²) in [4.78, 5) is 50.8. The number of hydrogen-bond donors (Lipinski definition) is 2. The average molecular weight is 403 g/mol. The summed E-state index contributed by atoms with van der Waals surface area (Å²) in [7, 11) is 0. The van der Waals surface area contributed by atoms with E-state index in [1.807, 2.05) is 0 Å². The van der Waals surface area contributed by atoms with Crippen molar-refractivity contribution in [3.05, 3.63) is 89.4 Å². The van der Waals surface area contributed by atoms with Gasteiger partial charge in [0.05, 0.1) is 35.2 Å². The summed E-state index contributed by atoms with van der Waals surface area (Å²) in [6.07, 6.45) is 1.51. The zero-order valence-electron chi connectivity index (χ0n) is 15.8. The molecule has 1 aliphatic heterocycles. The normalized spacial score (nSPS) is 12.6. The molecule has 0 spiro atoms. The summed E-state index contributed by atoms with van der Waals surface area (Å²) in [5.41, 5.74) is 1.07. The molecule has 0 aliphatic carbocycles. The van der Waals surface area contributed by atoms with E-state index in [1.54, 1.807) is 60.7 Å². The summed E-state index contributed by atoms with van der Waals surface area (Å²) in [5.74, 6) is -1.43. The van der Waals surface area contributed by atoms with Gasteiger partial charge in [0.25, 0.3) is 17.7 Å². The summed E-state index contributed by atoms with van der Waals surface area (Å²) < 4.78 is 5.18. The number of rotatable bonds is 6. The molecule has 0 saturated carbocycles. The van der Waals surface area contributed by atoms with Crippen molar-refractivity contribution >= 4 is 29.3 Å². The fourth-order valence-corrected chi connectivity index (χ4v) is 3.18. The van der Waals surface area contributed by atoms with Gasteiger partial charge in [0, 0.05) is 0 Å². The quantitative estimate of drug-likeness (QED) is 0.615. The van der Waals surface area contributed by atoms with Crippen molar-refractivity contribution in [3.63, 3.8) is 0 Å². The van der Waals surface area contributed by atoms with Gasteiger partial charge in [-0.05, 0) is 36.4 Å². The van der Waals surface area contributed by atoms with E-state index in [4.69, 9.17) is 4.42 Å². The highest BCUT2D eigenvalue weighted by Crippen LogP contribution is 2.22. The van der Waals surface area contributed by atoms with Crippen molar-refractivity contribution in [2.24, 2.45) is 0 Å². The van der Waals surface area contributed by atoms with Crippen LogP contribution in [-0.2, 0) is 11.3 Å². The topological polar surface area (TPSA) is 109 Å². The van der Waals surface area contributed by atoms with Crippen LogP contribution in [-0.4, -0.2) is 35.1 Å². The molecule has 4 amide bonds. The maximum absolute atomic E-state index is 12.5. The molecule has 3 aromatic rings. The maximum Gasteiger partial charge on any atom is 0.262 e. The number of para-hydroxylation sites is 1. The van der Waals surface area contributed by atoms with Crippen molar-refractivity contribution < 1.29 is 23.6 Å². The molecule has 0 bridgehead atoms. The molecule has 8 nitrogen and oxygen atoms in total. The first-order valence-electron chi connectivity index (χ1n) is 9.19. The Morgan fingerprint density at radius 3 is 2.20 bits per heavy atom. The van der Waals surface area contributed by atoms with Gasteiger partial charge in [0.15, 0.2) is 0 Å². The molecule has 0 saturated heterocycles. The monoisotopic (exact) mass is 403 g/mol. The number of nitrogens with one attached hydrogen (secondary N) is 2. The SMILES string of the molecule is O=C(CN1C(=O)c2ccccc2C1=O)Nc1ccccc1C(=O)NCc1ccco1. The van der Waals surface area contributed by atoms with E-state index in [1.165, 1.54) is 6.26 Å². The Kier molecular flexibility index (Phi) is 5.13. The highest BCUT2D eigenvalue weighted by atomic mass is 16.3. The highest BCUT2D eigenvalue weighted by molar-refractivity contribution is 6.22. The molecule has 1 aliphatic rings. The fraction of sp³-hybridized carbons (Fsp3) is 0.0909. The first kappa shape index (κ1) is 19.1. The second-order valence-electron chi connectivity index (χ2n) is 6.60. The molecular formula is C22H17N3O5. The lowest BCUT2D eigenvalue weighted by Crippen LogP contribution is -2.37. The number of anilines is 1. The van der Waals surface area contributed by atoms with Crippen LogP contribution in [0.1, 0.15) is 36.8 Å². The molecule has 2 N–H and O–H groups in total.